The fourth-order valence-electron chi connectivity index (χ4n) is 2.33. The number of hydrogen-bond donors (Lipinski definition) is 0. The zero-order valence-corrected chi connectivity index (χ0v) is 12.0. The van der Waals surface area contributed by atoms with Crippen LogP contribution in [0.2, 0.25) is 0 Å². The van der Waals surface area contributed by atoms with E-state index in [-0.39, 0.29) is 19.0 Å². The van der Waals surface area contributed by atoms with E-state index in [1.165, 1.54) is 12.1 Å². The zero-order chi connectivity index (χ0) is 16.4. The summed E-state index contributed by atoms with van der Waals surface area (Å²) in [6.07, 6.45) is -3.75. The largest absolute Gasteiger partial charge is 0.454 e. The van der Waals surface area contributed by atoms with Crippen molar-refractivity contribution in [1.82, 2.24) is 0 Å². The lowest BCUT2D eigenvalue weighted by atomic mass is 10.0. The van der Waals surface area contributed by atoms with Crippen LogP contribution in [0.5, 0.6) is 11.5 Å². The van der Waals surface area contributed by atoms with Crippen LogP contribution in [0, 0.1) is 0 Å². The Morgan fingerprint density at radius 2 is 1.70 bits per heavy atom. The molecule has 2 aromatic rings. The molecule has 0 atom stereocenters. The molecule has 6 heteroatoms. The number of alkyl halides is 3. The van der Waals surface area contributed by atoms with Gasteiger partial charge in [-0.25, -0.2) is 0 Å². The number of carbonyl (C=O) groups excluding carboxylic acids is 1. The van der Waals surface area contributed by atoms with E-state index in [1.807, 2.05) is 0 Å². The van der Waals surface area contributed by atoms with Crippen molar-refractivity contribution < 1.29 is 27.4 Å². The summed E-state index contributed by atoms with van der Waals surface area (Å²) in [7, 11) is 0. The smallest absolute Gasteiger partial charge is 0.416 e. The number of Topliss-reactive ketones (excluding diaryl/α,β-unsaturated/α-hetero) is 1. The van der Waals surface area contributed by atoms with Gasteiger partial charge >= 0.3 is 6.18 Å². The Labute approximate surface area is 130 Å². The zero-order valence-electron chi connectivity index (χ0n) is 12.0. The number of benzene rings is 2. The molecule has 0 bridgehead atoms. The molecule has 0 unspecified atom stereocenters. The fraction of sp³-hybridized carbons (Fsp3) is 0.235. The van der Waals surface area contributed by atoms with E-state index in [4.69, 9.17) is 9.47 Å². The number of rotatable bonds is 4. The number of carbonyl (C=O) groups is 1. The standard InChI is InChI=1S/C17H13F3O3/c18-17(19,20)13-5-1-11(2-6-13)3-7-14(21)12-4-8-15-16(9-12)23-10-22-15/h1-2,4-6,8-9H,3,7,10H2. The van der Waals surface area contributed by atoms with Gasteiger partial charge in [0.2, 0.25) is 6.79 Å². The predicted molar refractivity (Wildman–Crippen MR) is 76.7 cm³/mol. The molecule has 0 aliphatic carbocycles. The molecule has 0 saturated heterocycles. The van der Waals surface area contributed by atoms with Gasteiger partial charge in [0.25, 0.3) is 0 Å². The Hall–Kier alpha value is -2.50. The van der Waals surface area contributed by atoms with Gasteiger partial charge in [-0.15, -0.1) is 0 Å². The van der Waals surface area contributed by atoms with Crippen LogP contribution in [0.25, 0.3) is 0 Å². The maximum atomic E-state index is 12.5. The number of halogens is 3. The normalized spacial score (nSPS) is 13.2. The Kier molecular flexibility index (Phi) is 3.98. The Balaban J connectivity index is 1.63. The summed E-state index contributed by atoms with van der Waals surface area (Å²) in [5, 5.41) is 0. The number of ether oxygens (including phenoxy) is 2. The van der Waals surface area contributed by atoms with Crippen LogP contribution in [-0.4, -0.2) is 12.6 Å². The van der Waals surface area contributed by atoms with E-state index in [1.54, 1.807) is 18.2 Å². The molecule has 3 nitrogen and oxygen atoms in total. The van der Waals surface area contributed by atoms with Gasteiger partial charge in [0, 0.05) is 12.0 Å². The van der Waals surface area contributed by atoms with E-state index in [9.17, 15) is 18.0 Å². The molecule has 0 fully saturated rings. The van der Waals surface area contributed by atoms with Crippen molar-refractivity contribution in [2.75, 3.05) is 6.79 Å². The molecule has 23 heavy (non-hydrogen) atoms. The summed E-state index contributed by atoms with van der Waals surface area (Å²) >= 11 is 0. The summed E-state index contributed by atoms with van der Waals surface area (Å²) in [6.45, 7) is 0.137. The molecule has 1 heterocycles. The van der Waals surface area contributed by atoms with Crippen LogP contribution in [0.3, 0.4) is 0 Å². The van der Waals surface area contributed by atoms with Crippen molar-refractivity contribution in [3.8, 4) is 11.5 Å². The lowest BCUT2D eigenvalue weighted by Gasteiger charge is -2.07. The first-order valence-electron chi connectivity index (χ1n) is 7.02. The van der Waals surface area contributed by atoms with Gasteiger partial charge in [-0.05, 0) is 42.3 Å². The highest BCUT2D eigenvalue weighted by Gasteiger charge is 2.29. The minimum Gasteiger partial charge on any atom is -0.454 e. The van der Waals surface area contributed by atoms with E-state index in [0.29, 0.717) is 29.0 Å². The van der Waals surface area contributed by atoms with Crippen molar-refractivity contribution in [3.05, 3.63) is 59.2 Å². The highest BCUT2D eigenvalue weighted by atomic mass is 19.4. The lowest BCUT2D eigenvalue weighted by Crippen LogP contribution is -2.05. The van der Waals surface area contributed by atoms with Crippen molar-refractivity contribution in [1.29, 1.82) is 0 Å². The summed E-state index contributed by atoms with van der Waals surface area (Å²) in [5.74, 6) is 1.04. The molecule has 2 aromatic carbocycles. The van der Waals surface area contributed by atoms with Crippen molar-refractivity contribution in [3.63, 3.8) is 0 Å². The minimum absolute atomic E-state index is 0.0943. The van der Waals surface area contributed by atoms with E-state index in [2.05, 4.69) is 0 Å². The third-order valence-electron chi connectivity index (χ3n) is 3.62. The van der Waals surface area contributed by atoms with Crippen LogP contribution in [0.4, 0.5) is 13.2 Å². The third kappa shape index (κ3) is 3.47. The molecule has 120 valence electrons. The maximum absolute atomic E-state index is 12.5. The van der Waals surface area contributed by atoms with E-state index in [0.717, 1.165) is 12.1 Å². The highest BCUT2D eigenvalue weighted by molar-refractivity contribution is 5.96. The van der Waals surface area contributed by atoms with Crippen molar-refractivity contribution >= 4 is 5.78 Å². The molecular weight excluding hydrogens is 309 g/mol. The molecule has 0 saturated carbocycles. The molecular formula is C17H13F3O3. The SMILES string of the molecule is O=C(CCc1ccc(C(F)(F)F)cc1)c1ccc2c(c1)OCO2. The summed E-state index contributed by atoms with van der Waals surface area (Å²) in [6, 6.07) is 9.81. The number of ketones is 1. The number of fused-ring (bicyclic) bond motifs is 1. The number of hydrogen-bond acceptors (Lipinski definition) is 3. The first kappa shape index (κ1) is 15.4. The molecule has 1 aliphatic rings. The second-order valence-electron chi connectivity index (χ2n) is 5.19. The number of aryl methyl sites for hydroxylation is 1. The van der Waals surface area contributed by atoms with Gasteiger partial charge < -0.3 is 9.47 Å². The molecule has 1 aliphatic heterocycles. The van der Waals surface area contributed by atoms with Crippen molar-refractivity contribution in [2.45, 2.75) is 19.0 Å². The third-order valence-corrected chi connectivity index (χ3v) is 3.62. The van der Waals surface area contributed by atoms with E-state index < -0.39 is 11.7 Å². The first-order valence-corrected chi connectivity index (χ1v) is 7.02. The van der Waals surface area contributed by atoms with Crippen LogP contribution >= 0.6 is 0 Å². The van der Waals surface area contributed by atoms with Gasteiger partial charge in [0.05, 0.1) is 5.56 Å². The van der Waals surface area contributed by atoms with Crippen LogP contribution in [0.1, 0.15) is 27.9 Å². The Bertz CT molecular complexity index is 721. The van der Waals surface area contributed by atoms with E-state index >= 15 is 0 Å². The second-order valence-corrected chi connectivity index (χ2v) is 5.19. The molecule has 0 radical (unpaired) electrons. The first-order chi connectivity index (χ1) is 10.9. The molecule has 0 aromatic heterocycles. The summed E-state index contributed by atoms with van der Waals surface area (Å²) < 4.78 is 47.9. The Morgan fingerprint density at radius 1 is 1.00 bits per heavy atom. The monoisotopic (exact) mass is 322 g/mol. The van der Waals surface area contributed by atoms with Gasteiger partial charge in [-0.1, -0.05) is 12.1 Å². The topological polar surface area (TPSA) is 35.5 Å². The predicted octanol–water partition coefficient (Wildman–Crippen LogP) is 4.25. The van der Waals surface area contributed by atoms with Gasteiger partial charge in [-0.2, -0.15) is 13.2 Å². The minimum atomic E-state index is -4.35. The summed E-state index contributed by atoms with van der Waals surface area (Å²) in [4.78, 5) is 12.2. The van der Waals surface area contributed by atoms with Crippen LogP contribution in [0.15, 0.2) is 42.5 Å². The van der Waals surface area contributed by atoms with Crippen LogP contribution in [-0.2, 0) is 12.6 Å². The fourth-order valence-corrected chi connectivity index (χ4v) is 2.33. The van der Waals surface area contributed by atoms with Crippen LogP contribution < -0.4 is 9.47 Å². The van der Waals surface area contributed by atoms with Crippen molar-refractivity contribution in [2.24, 2.45) is 0 Å². The average molecular weight is 322 g/mol. The highest BCUT2D eigenvalue weighted by Crippen LogP contribution is 2.33. The lowest BCUT2D eigenvalue weighted by molar-refractivity contribution is -0.137. The maximum Gasteiger partial charge on any atom is 0.416 e. The quantitative estimate of drug-likeness (QED) is 0.790. The molecule has 0 spiro atoms. The molecule has 0 N–H and O–H groups in total. The second kappa shape index (κ2) is 5.95. The molecule has 3 rings (SSSR count). The average Bonchev–Trinajstić information content (AvgIpc) is 2.99. The van der Waals surface area contributed by atoms with Gasteiger partial charge in [-0.3, -0.25) is 4.79 Å². The Morgan fingerprint density at radius 3 is 2.39 bits per heavy atom. The van der Waals surface area contributed by atoms with Gasteiger partial charge in [0.1, 0.15) is 0 Å². The summed E-state index contributed by atoms with van der Waals surface area (Å²) in [5.41, 5.74) is 0.497. The molecule has 0 amide bonds. The van der Waals surface area contributed by atoms with Gasteiger partial charge in [0.15, 0.2) is 17.3 Å².